The summed E-state index contributed by atoms with van der Waals surface area (Å²) in [6.07, 6.45) is 5.92. The second-order valence-electron chi connectivity index (χ2n) is 5.20. The highest BCUT2D eigenvalue weighted by atomic mass is 79.9. The van der Waals surface area contributed by atoms with E-state index >= 15 is 0 Å². The number of urea groups is 1. The highest BCUT2D eigenvalue weighted by molar-refractivity contribution is 9.10. The minimum Gasteiger partial charge on any atom is -0.335 e. The third-order valence-corrected chi connectivity index (χ3v) is 4.57. The van der Waals surface area contributed by atoms with E-state index in [0.29, 0.717) is 6.04 Å². The lowest BCUT2D eigenvalue weighted by atomic mass is 9.85. The molecule has 2 N–H and O–H groups in total. The van der Waals surface area contributed by atoms with Crippen molar-refractivity contribution in [3.05, 3.63) is 28.7 Å². The van der Waals surface area contributed by atoms with Crippen LogP contribution < -0.4 is 10.6 Å². The van der Waals surface area contributed by atoms with Gasteiger partial charge in [-0.2, -0.15) is 0 Å². The summed E-state index contributed by atoms with van der Waals surface area (Å²) in [5.41, 5.74) is 0.808. The zero-order chi connectivity index (χ0) is 13.7. The van der Waals surface area contributed by atoms with Gasteiger partial charge >= 0.3 is 6.03 Å². The number of rotatable bonds is 3. The zero-order valence-corrected chi connectivity index (χ0v) is 12.9. The van der Waals surface area contributed by atoms with Crippen molar-refractivity contribution in [2.45, 2.75) is 45.1 Å². The summed E-state index contributed by atoms with van der Waals surface area (Å²) in [6.45, 7) is 2.25. The van der Waals surface area contributed by atoms with E-state index in [1.54, 1.807) is 0 Å². The lowest BCUT2D eigenvalue weighted by Gasteiger charge is -2.28. The van der Waals surface area contributed by atoms with Crippen LogP contribution in [0.1, 0.15) is 39.0 Å². The van der Waals surface area contributed by atoms with Gasteiger partial charge in [-0.1, -0.05) is 25.5 Å². The van der Waals surface area contributed by atoms with Crippen molar-refractivity contribution in [2.75, 3.05) is 5.32 Å². The van der Waals surface area contributed by atoms with Crippen molar-refractivity contribution >= 4 is 27.6 Å². The van der Waals surface area contributed by atoms with E-state index in [1.807, 2.05) is 24.3 Å². The van der Waals surface area contributed by atoms with Crippen LogP contribution in [0.5, 0.6) is 0 Å². The fourth-order valence-electron chi connectivity index (χ4n) is 2.62. The van der Waals surface area contributed by atoms with Gasteiger partial charge in [0.2, 0.25) is 0 Å². The van der Waals surface area contributed by atoms with Gasteiger partial charge in [0.05, 0.1) is 5.69 Å². The molecule has 1 fully saturated rings. The maximum Gasteiger partial charge on any atom is 0.319 e. The predicted molar refractivity (Wildman–Crippen MR) is 82.3 cm³/mol. The van der Waals surface area contributed by atoms with Gasteiger partial charge < -0.3 is 10.6 Å². The average Bonchev–Trinajstić information content (AvgIpc) is 2.42. The van der Waals surface area contributed by atoms with Crippen molar-refractivity contribution < 1.29 is 4.79 Å². The molecule has 0 bridgehead atoms. The number of nitrogens with one attached hydrogen (secondary N) is 2. The molecule has 1 saturated carbocycles. The Morgan fingerprint density at radius 1 is 1.26 bits per heavy atom. The van der Waals surface area contributed by atoms with Crippen LogP contribution in [0.15, 0.2) is 28.7 Å². The smallest absolute Gasteiger partial charge is 0.319 e. The van der Waals surface area contributed by atoms with E-state index in [1.165, 1.54) is 19.3 Å². The summed E-state index contributed by atoms with van der Waals surface area (Å²) >= 11 is 3.42. The molecule has 0 aliphatic heterocycles. The summed E-state index contributed by atoms with van der Waals surface area (Å²) in [5, 5.41) is 5.95. The number of para-hydroxylation sites is 1. The van der Waals surface area contributed by atoms with Crippen LogP contribution in [-0.4, -0.2) is 12.1 Å². The number of hydrogen-bond acceptors (Lipinski definition) is 1. The topological polar surface area (TPSA) is 41.1 Å². The maximum absolute atomic E-state index is 11.9. The predicted octanol–water partition coefficient (Wildman–Crippen LogP) is 4.54. The number of halogens is 1. The first kappa shape index (κ1) is 14.4. The van der Waals surface area contributed by atoms with E-state index in [9.17, 15) is 4.79 Å². The largest absolute Gasteiger partial charge is 0.335 e. The monoisotopic (exact) mass is 324 g/mol. The van der Waals surface area contributed by atoms with Crippen molar-refractivity contribution in [3.63, 3.8) is 0 Å². The van der Waals surface area contributed by atoms with Crippen LogP contribution in [0.3, 0.4) is 0 Å². The van der Waals surface area contributed by atoms with Gasteiger partial charge in [0.15, 0.2) is 0 Å². The summed E-state index contributed by atoms with van der Waals surface area (Å²) < 4.78 is 0.903. The number of carbonyl (C=O) groups excluding carboxylic acids is 1. The van der Waals surface area contributed by atoms with Gasteiger partial charge in [-0.15, -0.1) is 0 Å². The Labute approximate surface area is 123 Å². The maximum atomic E-state index is 11.9. The molecule has 19 heavy (non-hydrogen) atoms. The second kappa shape index (κ2) is 6.94. The van der Waals surface area contributed by atoms with Crippen molar-refractivity contribution in [1.29, 1.82) is 0 Å². The van der Waals surface area contributed by atoms with Crippen LogP contribution in [0.4, 0.5) is 10.5 Å². The average molecular weight is 325 g/mol. The molecule has 4 heteroatoms. The lowest BCUT2D eigenvalue weighted by molar-refractivity contribution is 0.237. The highest BCUT2D eigenvalue weighted by Crippen LogP contribution is 2.26. The molecule has 104 valence electrons. The van der Waals surface area contributed by atoms with Gasteiger partial charge in [-0.3, -0.25) is 0 Å². The number of amides is 2. The number of anilines is 1. The van der Waals surface area contributed by atoms with E-state index in [0.717, 1.165) is 28.9 Å². The Kier molecular flexibility index (Phi) is 5.25. The van der Waals surface area contributed by atoms with Gasteiger partial charge in [-0.25, -0.2) is 4.79 Å². The summed E-state index contributed by atoms with van der Waals surface area (Å²) in [5.74, 6) is 0.851. The van der Waals surface area contributed by atoms with Crippen molar-refractivity contribution in [3.8, 4) is 0 Å². The number of carbonyl (C=O) groups is 1. The standard InChI is InChI=1S/C15H21BrN2O/c1-2-11-7-9-12(10-8-11)17-15(19)18-14-6-4-3-5-13(14)16/h3-6,11-12H,2,7-10H2,1H3,(H2,17,18,19). The third kappa shape index (κ3) is 4.23. The summed E-state index contributed by atoms with van der Waals surface area (Å²) in [7, 11) is 0. The van der Waals surface area contributed by atoms with Gasteiger partial charge in [0.1, 0.15) is 0 Å². The molecule has 1 aliphatic carbocycles. The molecule has 1 aromatic rings. The second-order valence-corrected chi connectivity index (χ2v) is 6.06. The number of hydrogen-bond donors (Lipinski definition) is 2. The first-order valence-electron chi connectivity index (χ1n) is 7.01. The van der Waals surface area contributed by atoms with E-state index in [4.69, 9.17) is 0 Å². The van der Waals surface area contributed by atoms with Gasteiger partial charge in [0.25, 0.3) is 0 Å². The Balaban J connectivity index is 1.81. The molecule has 1 aliphatic rings. The molecule has 3 nitrogen and oxygen atoms in total. The quantitative estimate of drug-likeness (QED) is 0.842. The molecule has 2 amide bonds. The first-order valence-corrected chi connectivity index (χ1v) is 7.80. The summed E-state index contributed by atoms with van der Waals surface area (Å²) in [4.78, 5) is 11.9. The molecule has 0 aromatic heterocycles. The molecule has 0 atom stereocenters. The molecule has 0 saturated heterocycles. The van der Waals surface area contributed by atoms with Crippen LogP contribution in [0.25, 0.3) is 0 Å². The van der Waals surface area contributed by atoms with Gasteiger partial charge in [0, 0.05) is 10.5 Å². The van der Waals surface area contributed by atoms with Crippen LogP contribution in [-0.2, 0) is 0 Å². The molecule has 0 spiro atoms. The molecule has 0 unspecified atom stereocenters. The van der Waals surface area contributed by atoms with Crippen LogP contribution in [0.2, 0.25) is 0 Å². The fraction of sp³-hybridized carbons (Fsp3) is 0.533. The molecular formula is C15H21BrN2O. The first-order chi connectivity index (χ1) is 9.19. The fourth-order valence-corrected chi connectivity index (χ4v) is 3.01. The van der Waals surface area contributed by atoms with E-state index < -0.39 is 0 Å². The zero-order valence-electron chi connectivity index (χ0n) is 11.3. The van der Waals surface area contributed by atoms with Crippen LogP contribution >= 0.6 is 15.9 Å². The van der Waals surface area contributed by atoms with E-state index in [-0.39, 0.29) is 6.03 Å². The van der Waals surface area contributed by atoms with Crippen molar-refractivity contribution in [2.24, 2.45) is 5.92 Å². The Bertz CT molecular complexity index is 428. The lowest BCUT2D eigenvalue weighted by Crippen LogP contribution is -2.40. The molecule has 0 radical (unpaired) electrons. The van der Waals surface area contributed by atoms with E-state index in [2.05, 4.69) is 33.5 Å². The third-order valence-electron chi connectivity index (χ3n) is 3.88. The SMILES string of the molecule is CCC1CCC(NC(=O)Nc2ccccc2Br)CC1. The molecule has 2 rings (SSSR count). The van der Waals surface area contributed by atoms with Crippen molar-refractivity contribution in [1.82, 2.24) is 5.32 Å². The van der Waals surface area contributed by atoms with Gasteiger partial charge in [-0.05, 0) is 59.7 Å². The van der Waals surface area contributed by atoms with Crippen LogP contribution in [0, 0.1) is 5.92 Å². The Morgan fingerprint density at radius 3 is 2.58 bits per heavy atom. The summed E-state index contributed by atoms with van der Waals surface area (Å²) in [6, 6.07) is 7.86. The highest BCUT2D eigenvalue weighted by Gasteiger charge is 2.21. The minimum absolute atomic E-state index is 0.105. The Hall–Kier alpha value is -1.03. The molecule has 1 aromatic carbocycles. The number of benzene rings is 1. The molecule has 0 heterocycles. The normalized spacial score (nSPS) is 22.8. The molecular weight excluding hydrogens is 304 g/mol. The minimum atomic E-state index is -0.105. The Morgan fingerprint density at radius 2 is 1.95 bits per heavy atom.